The smallest absolute Gasteiger partial charge is 0.367 e. The van der Waals surface area contributed by atoms with Crippen LogP contribution in [0, 0.1) is 5.92 Å². The van der Waals surface area contributed by atoms with E-state index in [1.54, 1.807) is 24.3 Å². The van der Waals surface area contributed by atoms with E-state index in [2.05, 4.69) is 15.4 Å². The quantitative estimate of drug-likeness (QED) is 0.680. The Kier molecular flexibility index (Phi) is 7.78. The van der Waals surface area contributed by atoms with Gasteiger partial charge in [0.15, 0.2) is 0 Å². The summed E-state index contributed by atoms with van der Waals surface area (Å²) in [5, 5.41) is 5.50. The Bertz CT molecular complexity index is 834. The van der Waals surface area contributed by atoms with Gasteiger partial charge in [0, 0.05) is 12.1 Å². The highest BCUT2D eigenvalue weighted by molar-refractivity contribution is 6.09. The summed E-state index contributed by atoms with van der Waals surface area (Å²) in [6, 6.07) is 12.7. The molecule has 5 nitrogen and oxygen atoms in total. The number of hydrogen-bond acceptors (Lipinski definition) is 3. The zero-order valence-corrected chi connectivity index (χ0v) is 16.2. The molecule has 2 aromatic carbocycles. The minimum absolute atomic E-state index is 0.208. The van der Waals surface area contributed by atoms with Crippen LogP contribution in [0.4, 0.5) is 18.9 Å². The Balaban J connectivity index is 2.01. The van der Waals surface area contributed by atoms with Gasteiger partial charge in [0.1, 0.15) is 6.61 Å². The van der Waals surface area contributed by atoms with Crippen molar-refractivity contribution in [3.8, 4) is 0 Å². The first kappa shape index (κ1) is 22.4. The monoisotopic (exact) mass is 408 g/mol. The van der Waals surface area contributed by atoms with E-state index in [-0.39, 0.29) is 12.5 Å². The van der Waals surface area contributed by atoms with Crippen LogP contribution < -0.4 is 10.6 Å². The van der Waals surface area contributed by atoms with Gasteiger partial charge in [-0.3, -0.25) is 9.59 Å². The molecule has 0 bridgehead atoms. The number of benzene rings is 2. The van der Waals surface area contributed by atoms with Crippen LogP contribution in [0.2, 0.25) is 0 Å². The molecule has 0 aromatic heterocycles. The number of nitrogens with one attached hydrogen (secondary N) is 2. The van der Waals surface area contributed by atoms with Crippen LogP contribution >= 0.6 is 0 Å². The molecule has 2 N–H and O–H groups in total. The maximum Gasteiger partial charge on any atom is 0.411 e. The van der Waals surface area contributed by atoms with Crippen molar-refractivity contribution in [1.29, 1.82) is 0 Å². The molecule has 0 aliphatic heterocycles. The van der Waals surface area contributed by atoms with E-state index in [4.69, 9.17) is 0 Å². The van der Waals surface area contributed by atoms with Gasteiger partial charge in [0.2, 0.25) is 0 Å². The Morgan fingerprint density at radius 2 is 1.66 bits per heavy atom. The number of carbonyl (C=O) groups is 2. The van der Waals surface area contributed by atoms with Crippen LogP contribution in [0.1, 0.15) is 40.1 Å². The first-order valence-electron chi connectivity index (χ1n) is 9.07. The normalized spacial score (nSPS) is 11.4. The zero-order chi connectivity index (χ0) is 21.4. The van der Waals surface area contributed by atoms with E-state index in [1.807, 2.05) is 13.8 Å². The van der Waals surface area contributed by atoms with Crippen LogP contribution in [0.25, 0.3) is 0 Å². The fraction of sp³-hybridized carbons (Fsp3) is 0.333. The topological polar surface area (TPSA) is 67.4 Å². The molecular weight excluding hydrogens is 385 g/mol. The highest BCUT2D eigenvalue weighted by atomic mass is 19.4. The van der Waals surface area contributed by atoms with Crippen molar-refractivity contribution in [3.63, 3.8) is 0 Å². The summed E-state index contributed by atoms with van der Waals surface area (Å²) in [6.45, 7) is 2.93. The molecule has 29 heavy (non-hydrogen) atoms. The summed E-state index contributed by atoms with van der Waals surface area (Å²) in [6.07, 6.45) is -4.38. The summed E-state index contributed by atoms with van der Waals surface area (Å²) < 4.78 is 40.9. The molecule has 2 aromatic rings. The Labute approximate surface area is 167 Å². The molecule has 2 amide bonds. The number of alkyl halides is 3. The van der Waals surface area contributed by atoms with E-state index < -0.39 is 18.7 Å². The summed E-state index contributed by atoms with van der Waals surface area (Å²) >= 11 is 0. The molecule has 0 spiro atoms. The largest absolute Gasteiger partial charge is 0.411 e. The molecule has 0 aliphatic rings. The van der Waals surface area contributed by atoms with Gasteiger partial charge in [-0.25, -0.2) is 0 Å². The molecular formula is C21H23F3N2O3. The van der Waals surface area contributed by atoms with Crippen LogP contribution in [-0.4, -0.2) is 31.1 Å². The fourth-order valence-corrected chi connectivity index (χ4v) is 2.41. The summed E-state index contributed by atoms with van der Waals surface area (Å²) in [4.78, 5) is 24.8. The molecule has 0 heterocycles. The van der Waals surface area contributed by atoms with E-state index in [1.165, 1.54) is 24.3 Å². The lowest BCUT2D eigenvalue weighted by atomic mass is 10.1. The van der Waals surface area contributed by atoms with E-state index in [0.29, 0.717) is 34.8 Å². The lowest BCUT2D eigenvalue weighted by Gasteiger charge is -2.13. The number of halogens is 3. The van der Waals surface area contributed by atoms with Gasteiger partial charge in [-0.05, 0) is 35.7 Å². The van der Waals surface area contributed by atoms with Crippen molar-refractivity contribution in [2.45, 2.75) is 26.6 Å². The summed E-state index contributed by atoms with van der Waals surface area (Å²) in [7, 11) is 0. The highest BCUT2D eigenvalue weighted by Crippen LogP contribution is 2.18. The molecule has 2 rings (SSSR count). The van der Waals surface area contributed by atoms with Gasteiger partial charge in [-0.2, -0.15) is 13.2 Å². The average Bonchev–Trinajstić information content (AvgIpc) is 2.66. The number of ether oxygens (including phenoxy) is 1. The Morgan fingerprint density at radius 1 is 1.00 bits per heavy atom. The third-order valence-corrected chi connectivity index (χ3v) is 3.84. The number of para-hydroxylation sites is 1. The first-order valence-corrected chi connectivity index (χ1v) is 9.07. The fourth-order valence-electron chi connectivity index (χ4n) is 2.41. The number of anilines is 1. The maximum atomic E-state index is 12.5. The molecule has 8 heteroatoms. The average molecular weight is 408 g/mol. The van der Waals surface area contributed by atoms with Crippen molar-refractivity contribution in [1.82, 2.24) is 5.32 Å². The molecule has 0 radical (unpaired) electrons. The number of rotatable bonds is 8. The van der Waals surface area contributed by atoms with E-state index in [9.17, 15) is 22.8 Å². The minimum atomic E-state index is -4.38. The zero-order valence-electron chi connectivity index (χ0n) is 16.2. The second-order valence-electron chi connectivity index (χ2n) is 6.91. The predicted molar refractivity (Wildman–Crippen MR) is 104 cm³/mol. The van der Waals surface area contributed by atoms with Gasteiger partial charge in [0.05, 0.1) is 17.9 Å². The molecule has 0 aliphatic carbocycles. The van der Waals surface area contributed by atoms with Gasteiger partial charge >= 0.3 is 6.18 Å². The third-order valence-electron chi connectivity index (χ3n) is 3.84. The SMILES string of the molecule is CC(C)CNC(=O)c1ccccc1NC(=O)c1ccc(COCC(F)(F)F)cc1. The van der Waals surface area contributed by atoms with Gasteiger partial charge in [-0.1, -0.05) is 38.1 Å². The van der Waals surface area contributed by atoms with E-state index >= 15 is 0 Å². The van der Waals surface area contributed by atoms with Crippen LogP contribution in [0.3, 0.4) is 0 Å². The van der Waals surface area contributed by atoms with Crippen molar-refractivity contribution in [2.75, 3.05) is 18.5 Å². The van der Waals surface area contributed by atoms with Crippen molar-refractivity contribution in [3.05, 3.63) is 65.2 Å². The first-order chi connectivity index (χ1) is 13.7. The molecule has 0 saturated carbocycles. The Hall–Kier alpha value is -2.87. The van der Waals surface area contributed by atoms with E-state index in [0.717, 1.165) is 0 Å². The van der Waals surface area contributed by atoms with Crippen LogP contribution in [0.15, 0.2) is 48.5 Å². The minimum Gasteiger partial charge on any atom is -0.367 e. The lowest BCUT2D eigenvalue weighted by molar-refractivity contribution is -0.176. The number of carbonyl (C=O) groups excluding carboxylic acids is 2. The maximum absolute atomic E-state index is 12.5. The summed E-state index contributed by atoms with van der Waals surface area (Å²) in [5.41, 5.74) is 1.54. The van der Waals surface area contributed by atoms with Crippen LogP contribution in [-0.2, 0) is 11.3 Å². The van der Waals surface area contributed by atoms with Crippen molar-refractivity contribution >= 4 is 17.5 Å². The van der Waals surface area contributed by atoms with Crippen molar-refractivity contribution in [2.24, 2.45) is 5.92 Å². The van der Waals surface area contributed by atoms with Crippen molar-refractivity contribution < 1.29 is 27.5 Å². The second kappa shape index (κ2) is 10.1. The van der Waals surface area contributed by atoms with Gasteiger partial charge in [-0.15, -0.1) is 0 Å². The molecule has 0 unspecified atom stereocenters. The number of hydrogen-bond donors (Lipinski definition) is 2. The second-order valence-corrected chi connectivity index (χ2v) is 6.91. The Morgan fingerprint density at radius 3 is 2.28 bits per heavy atom. The molecule has 0 fully saturated rings. The highest BCUT2D eigenvalue weighted by Gasteiger charge is 2.27. The predicted octanol–water partition coefficient (Wildman–Crippen LogP) is 4.40. The summed E-state index contributed by atoms with van der Waals surface area (Å²) in [5.74, 6) is -0.428. The lowest BCUT2D eigenvalue weighted by Crippen LogP contribution is -2.28. The van der Waals surface area contributed by atoms with Gasteiger partial charge in [0.25, 0.3) is 11.8 Å². The number of amides is 2. The van der Waals surface area contributed by atoms with Crippen LogP contribution in [0.5, 0.6) is 0 Å². The standard InChI is InChI=1S/C21H23F3N2O3/c1-14(2)11-25-20(28)17-5-3-4-6-18(17)26-19(27)16-9-7-15(8-10-16)12-29-13-21(22,23)24/h3-10,14H,11-13H2,1-2H3,(H,25,28)(H,26,27). The molecule has 0 atom stereocenters. The third kappa shape index (κ3) is 7.57. The van der Waals surface area contributed by atoms with Gasteiger partial charge < -0.3 is 15.4 Å². The molecule has 156 valence electrons. The molecule has 0 saturated heterocycles.